The maximum atomic E-state index is 10.7. The molecule has 2 heteroatoms. The molecule has 0 saturated heterocycles. The molecule has 0 spiro atoms. The van der Waals surface area contributed by atoms with Gasteiger partial charge in [0.1, 0.15) is 0 Å². The maximum absolute atomic E-state index is 10.7. The highest BCUT2D eigenvalue weighted by atomic mass is 32.2. The van der Waals surface area contributed by atoms with E-state index in [1.165, 1.54) is 11.8 Å². The van der Waals surface area contributed by atoms with Gasteiger partial charge in [-0.3, -0.25) is 4.79 Å². The summed E-state index contributed by atoms with van der Waals surface area (Å²) < 4.78 is 0. The quantitative estimate of drug-likeness (QED) is 0.555. The topological polar surface area (TPSA) is 17.1 Å². The summed E-state index contributed by atoms with van der Waals surface area (Å²) in [5, 5.41) is 1.96. The first-order chi connectivity index (χ1) is 4.30. The molecule has 9 heavy (non-hydrogen) atoms. The first-order valence-electron chi connectivity index (χ1n) is 2.83. The van der Waals surface area contributed by atoms with E-state index in [-0.39, 0.29) is 5.78 Å². The summed E-state index contributed by atoms with van der Waals surface area (Å²) in [5.74, 6) is 0.171. The van der Waals surface area contributed by atoms with E-state index in [9.17, 15) is 4.79 Å². The van der Waals surface area contributed by atoms with Crippen molar-refractivity contribution in [3.8, 4) is 0 Å². The first kappa shape index (κ1) is 6.62. The number of hydrogen-bond acceptors (Lipinski definition) is 2. The largest absolute Gasteiger partial charge is 0.294 e. The molecule has 1 heterocycles. The lowest BCUT2D eigenvalue weighted by Crippen LogP contribution is -1.92. The second-order valence-corrected chi connectivity index (χ2v) is 2.80. The molecule has 1 aliphatic heterocycles. The van der Waals surface area contributed by atoms with Crippen molar-refractivity contribution in [2.24, 2.45) is 0 Å². The third-order valence-electron chi connectivity index (χ3n) is 1.08. The number of hydrogen-bond donors (Lipinski definition) is 0. The number of ketones is 1. The molecule has 0 atom stereocenters. The highest BCUT2D eigenvalue weighted by molar-refractivity contribution is 8.06. The maximum Gasteiger partial charge on any atom is 0.166 e. The lowest BCUT2D eigenvalue weighted by molar-refractivity contribution is -0.112. The zero-order chi connectivity index (χ0) is 6.69. The van der Waals surface area contributed by atoms with Gasteiger partial charge < -0.3 is 0 Å². The third kappa shape index (κ3) is 1.72. The molecule has 1 aliphatic rings. The zero-order valence-electron chi connectivity index (χ0n) is 5.26. The standard InChI is InChI=1S/C7H8OS/c1-6(8)7-4-2-3-5-9-7/h3-5H,2H2,1H3. The number of carbonyl (C=O) groups excluding carboxylic acids is 1. The summed E-state index contributed by atoms with van der Waals surface area (Å²) >= 11 is 1.50. The van der Waals surface area contributed by atoms with Gasteiger partial charge in [-0.1, -0.05) is 23.9 Å². The fourth-order valence-electron chi connectivity index (χ4n) is 0.627. The van der Waals surface area contributed by atoms with Gasteiger partial charge >= 0.3 is 0 Å². The molecule has 0 saturated carbocycles. The number of rotatable bonds is 1. The van der Waals surface area contributed by atoms with Crippen molar-refractivity contribution in [1.82, 2.24) is 0 Å². The Morgan fingerprint density at radius 1 is 1.78 bits per heavy atom. The average Bonchev–Trinajstić information content (AvgIpc) is 1.90. The van der Waals surface area contributed by atoms with E-state index in [2.05, 4.69) is 0 Å². The van der Waals surface area contributed by atoms with Crippen LogP contribution in [0.15, 0.2) is 22.5 Å². The van der Waals surface area contributed by atoms with Gasteiger partial charge in [0.15, 0.2) is 5.78 Å². The van der Waals surface area contributed by atoms with Gasteiger partial charge in [-0.15, -0.1) is 0 Å². The predicted octanol–water partition coefficient (Wildman–Crippen LogP) is 2.11. The Morgan fingerprint density at radius 2 is 2.56 bits per heavy atom. The highest BCUT2D eigenvalue weighted by Gasteiger charge is 2.02. The molecule has 48 valence electrons. The van der Waals surface area contributed by atoms with Crippen LogP contribution in [0.3, 0.4) is 0 Å². The van der Waals surface area contributed by atoms with Gasteiger partial charge in [0, 0.05) is 0 Å². The molecule has 0 amide bonds. The SMILES string of the molecule is CC(=O)C1=CCC=CS1. The fourth-order valence-corrected chi connectivity index (χ4v) is 1.34. The molecule has 0 radical (unpaired) electrons. The van der Waals surface area contributed by atoms with Gasteiger partial charge in [0.05, 0.1) is 4.91 Å². The second-order valence-electron chi connectivity index (χ2n) is 1.85. The Balaban J connectivity index is 2.61. The number of Topliss-reactive ketones (excluding diaryl/α,β-unsaturated/α-hetero) is 1. The van der Waals surface area contributed by atoms with Crippen molar-refractivity contribution >= 4 is 17.5 Å². The van der Waals surface area contributed by atoms with E-state index in [0.29, 0.717) is 0 Å². The number of allylic oxidation sites excluding steroid dienone is 3. The monoisotopic (exact) mass is 140 g/mol. The van der Waals surface area contributed by atoms with Crippen LogP contribution in [0, 0.1) is 0 Å². The molecular formula is C7H8OS. The molecule has 0 bridgehead atoms. The lowest BCUT2D eigenvalue weighted by Gasteiger charge is -2.01. The van der Waals surface area contributed by atoms with Crippen molar-refractivity contribution in [2.75, 3.05) is 0 Å². The van der Waals surface area contributed by atoms with Crippen LogP contribution in [0.4, 0.5) is 0 Å². The molecule has 1 nitrogen and oxygen atoms in total. The van der Waals surface area contributed by atoms with Gasteiger partial charge in [0.25, 0.3) is 0 Å². The summed E-state index contributed by atoms with van der Waals surface area (Å²) in [5.41, 5.74) is 0. The molecule has 1 rings (SSSR count). The fraction of sp³-hybridized carbons (Fsp3) is 0.286. The molecule has 0 unspecified atom stereocenters. The summed E-state index contributed by atoms with van der Waals surface area (Å²) in [6.45, 7) is 1.60. The van der Waals surface area contributed by atoms with Crippen LogP contribution in [-0.4, -0.2) is 5.78 Å². The Morgan fingerprint density at radius 3 is 2.89 bits per heavy atom. The minimum Gasteiger partial charge on any atom is -0.294 e. The Bertz CT molecular complexity index is 179. The van der Waals surface area contributed by atoms with Gasteiger partial charge in [-0.2, -0.15) is 0 Å². The molecular weight excluding hydrogens is 132 g/mol. The van der Waals surface area contributed by atoms with Crippen LogP contribution in [0.1, 0.15) is 13.3 Å². The Hall–Kier alpha value is -0.500. The van der Waals surface area contributed by atoms with Crippen molar-refractivity contribution < 1.29 is 4.79 Å². The molecule has 0 aromatic rings. The average molecular weight is 140 g/mol. The van der Waals surface area contributed by atoms with Gasteiger partial charge in [-0.05, 0) is 18.8 Å². The second kappa shape index (κ2) is 2.87. The van der Waals surface area contributed by atoms with E-state index in [4.69, 9.17) is 0 Å². The van der Waals surface area contributed by atoms with Crippen molar-refractivity contribution in [1.29, 1.82) is 0 Å². The summed E-state index contributed by atoms with van der Waals surface area (Å²) in [6.07, 6.45) is 4.89. The van der Waals surface area contributed by atoms with Crippen LogP contribution in [0.25, 0.3) is 0 Å². The van der Waals surface area contributed by atoms with Crippen molar-refractivity contribution in [3.63, 3.8) is 0 Å². The first-order valence-corrected chi connectivity index (χ1v) is 3.71. The van der Waals surface area contributed by atoms with E-state index in [0.717, 1.165) is 11.3 Å². The van der Waals surface area contributed by atoms with Crippen molar-refractivity contribution in [2.45, 2.75) is 13.3 Å². The van der Waals surface area contributed by atoms with E-state index < -0.39 is 0 Å². The van der Waals surface area contributed by atoms with Crippen LogP contribution in [-0.2, 0) is 4.79 Å². The minimum absolute atomic E-state index is 0.171. The zero-order valence-corrected chi connectivity index (χ0v) is 6.07. The number of thioether (sulfide) groups is 1. The van der Waals surface area contributed by atoms with Gasteiger partial charge in [0.2, 0.25) is 0 Å². The number of carbonyl (C=O) groups is 1. The smallest absolute Gasteiger partial charge is 0.166 e. The highest BCUT2D eigenvalue weighted by Crippen LogP contribution is 2.22. The minimum atomic E-state index is 0.171. The van der Waals surface area contributed by atoms with E-state index in [1.54, 1.807) is 6.92 Å². The predicted molar refractivity (Wildman–Crippen MR) is 40.1 cm³/mol. The van der Waals surface area contributed by atoms with Gasteiger partial charge in [-0.25, -0.2) is 0 Å². The normalized spacial score (nSPS) is 17.2. The lowest BCUT2D eigenvalue weighted by atomic mass is 10.3. The van der Waals surface area contributed by atoms with E-state index in [1.807, 2.05) is 17.6 Å². The summed E-state index contributed by atoms with van der Waals surface area (Å²) in [7, 11) is 0. The Kier molecular flexibility index (Phi) is 2.11. The molecule has 0 N–H and O–H groups in total. The molecule has 0 fully saturated rings. The van der Waals surface area contributed by atoms with Crippen LogP contribution in [0.2, 0.25) is 0 Å². The molecule has 0 aliphatic carbocycles. The summed E-state index contributed by atoms with van der Waals surface area (Å²) in [4.78, 5) is 11.5. The molecule has 0 aromatic heterocycles. The molecule has 0 aromatic carbocycles. The van der Waals surface area contributed by atoms with Crippen LogP contribution in [0.5, 0.6) is 0 Å². The van der Waals surface area contributed by atoms with Crippen LogP contribution >= 0.6 is 11.8 Å². The van der Waals surface area contributed by atoms with Crippen LogP contribution < -0.4 is 0 Å². The summed E-state index contributed by atoms with van der Waals surface area (Å²) in [6, 6.07) is 0. The Labute approximate surface area is 58.8 Å². The third-order valence-corrected chi connectivity index (χ3v) is 2.11. The van der Waals surface area contributed by atoms with Crippen molar-refractivity contribution in [3.05, 3.63) is 22.5 Å². The van der Waals surface area contributed by atoms with E-state index >= 15 is 0 Å².